The van der Waals surface area contributed by atoms with E-state index in [0.29, 0.717) is 16.8 Å². The molecule has 0 spiro atoms. The number of anilines is 1. The van der Waals surface area contributed by atoms with Crippen molar-refractivity contribution in [1.29, 1.82) is 5.26 Å². The molecule has 0 bridgehead atoms. The Morgan fingerprint density at radius 1 is 1.17 bits per heavy atom. The fourth-order valence-electron chi connectivity index (χ4n) is 1.94. The van der Waals surface area contributed by atoms with Crippen LogP contribution in [0.2, 0.25) is 0 Å². The van der Waals surface area contributed by atoms with Crippen molar-refractivity contribution in [2.75, 3.05) is 5.32 Å². The number of carbonyl (C=O) groups is 2. The van der Waals surface area contributed by atoms with Gasteiger partial charge in [-0.2, -0.15) is 5.26 Å². The van der Waals surface area contributed by atoms with Gasteiger partial charge in [0.1, 0.15) is 5.75 Å². The van der Waals surface area contributed by atoms with Crippen LogP contribution in [0.4, 0.5) is 5.69 Å². The van der Waals surface area contributed by atoms with Gasteiger partial charge < -0.3 is 15.2 Å². The lowest BCUT2D eigenvalue weighted by molar-refractivity contribution is -0.152. The van der Waals surface area contributed by atoms with Crippen molar-refractivity contribution in [3.63, 3.8) is 0 Å². The van der Waals surface area contributed by atoms with Crippen LogP contribution >= 0.6 is 0 Å². The molecule has 0 saturated heterocycles. The van der Waals surface area contributed by atoms with E-state index >= 15 is 0 Å². The summed E-state index contributed by atoms with van der Waals surface area (Å²) < 4.78 is 5.10. The van der Waals surface area contributed by atoms with Gasteiger partial charge in [0.05, 0.1) is 18.1 Å². The molecule has 0 heterocycles. The summed E-state index contributed by atoms with van der Waals surface area (Å²) in [5.41, 5.74) is 1.68. The second kappa shape index (κ2) is 7.79. The molecule has 0 unspecified atom stereocenters. The minimum absolute atomic E-state index is 0.00870. The first kappa shape index (κ1) is 17.0. The number of benzene rings is 2. The Labute approximate surface area is 139 Å². The largest absolute Gasteiger partial charge is 0.508 e. The summed E-state index contributed by atoms with van der Waals surface area (Å²) in [5, 5.41) is 20.5. The first-order chi connectivity index (χ1) is 11.5. The van der Waals surface area contributed by atoms with Gasteiger partial charge in [0, 0.05) is 5.69 Å². The fourth-order valence-corrected chi connectivity index (χ4v) is 1.94. The molecule has 0 aliphatic rings. The number of phenolic OH excluding ortho intramolecular Hbond substituents is 1. The normalized spacial score (nSPS) is 11.2. The molecule has 0 saturated carbocycles. The Bertz CT molecular complexity index is 761. The molecule has 0 aliphatic heterocycles. The van der Waals surface area contributed by atoms with Crippen LogP contribution in [0.25, 0.3) is 0 Å². The van der Waals surface area contributed by atoms with Gasteiger partial charge in [0.25, 0.3) is 5.91 Å². The van der Waals surface area contributed by atoms with Crippen LogP contribution in [0.5, 0.6) is 5.75 Å². The number of ether oxygens (including phenoxy) is 1. The molecule has 2 aromatic rings. The predicted molar refractivity (Wildman–Crippen MR) is 87.2 cm³/mol. The van der Waals surface area contributed by atoms with E-state index in [0.717, 1.165) is 0 Å². The number of aromatic hydroxyl groups is 1. The van der Waals surface area contributed by atoms with Gasteiger partial charge in [-0.3, -0.25) is 9.59 Å². The number of esters is 1. The predicted octanol–water partition coefficient (Wildman–Crippen LogP) is 2.38. The molecular formula is C18H16N2O4. The lowest BCUT2D eigenvalue weighted by Crippen LogP contribution is -2.30. The monoisotopic (exact) mass is 324 g/mol. The molecule has 6 nitrogen and oxygen atoms in total. The number of hydrogen-bond donors (Lipinski definition) is 2. The summed E-state index contributed by atoms with van der Waals surface area (Å²) in [6.07, 6.45) is -0.945. The van der Waals surface area contributed by atoms with E-state index < -0.39 is 18.0 Å². The van der Waals surface area contributed by atoms with Crippen molar-refractivity contribution >= 4 is 17.6 Å². The summed E-state index contributed by atoms with van der Waals surface area (Å²) in [5.74, 6) is -0.885. The molecule has 24 heavy (non-hydrogen) atoms. The van der Waals surface area contributed by atoms with Crippen LogP contribution in [0.1, 0.15) is 18.1 Å². The molecule has 1 atom stereocenters. The van der Waals surface area contributed by atoms with Crippen LogP contribution in [0.3, 0.4) is 0 Å². The zero-order valence-corrected chi connectivity index (χ0v) is 13.0. The summed E-state index contributed by atoms with van der Waals surface area (Å²) in [7, 11) is 0. The highest BCUT2D eigenvalue weighted by atomic mass is 16.5. The van der Waals surface area contributed by atoms with Crippen LogP contribution in [0, 0.1) is 11.3 Å². The molecule has 2 aromatic carbocycles. The van der Waals surface area contributed by atoms with E-state index in [1.165, 1.54) is 19.1 Å². The molecule has 0 aromatic heterocycles. The smallest absolute Gasteiger partial charge is 0.311 e. The number of rotatable bonds is 5. The summed E-state index contributed by atoms with van der Waals surface area (Å²) in [4.78, 5) is 23.9. The van der Waals surface area contributed by atoms with E-state index in [-0.39, 0.29) is 12.2 Å². The van der Waals surface area contributed by atoms with Gasteiger partial charge in [0.2, 0.25) is 0 Å². The molecule has 6 heteroatoms. The number of hydrogen-bond acceptors (Lipinski definition) is 5. The van der Waals surface area contributed by atoms with E-state index in [4.69, 9.17) is 10.00 Å². The minimum atomic E-state index is -0.953. The fraction of sp³-hybridized carbons (Fsp3) is 0.167. The van der Waals surface area contributed by atoms with Crippen molar-refractivity contribution in [2.24, 2.45) is 0 Å². The second-order valence-electron chi connectivity index (χ2n) is 5.15. The minimum Gasteiger partial charge on any atom is -0.508 e. The van der Waals surface area contributed by atoms with Gasteiger partial charge in [-0.15, -0.1) is 0 Å². The maximum atomic E-state index is 12.0. The topological polar surface area (TPSA) is 99.4 Å². The molecule has 2 rings (SSSR count). The van der Waals surface area contributed by atoms with Crippen LogP contribution in [-0.4, -0.2) is 23.1 Å². The third-order valence-electron chi connectivity index (χ3n) is 3.24. The zero-order chi connectivity index (χ0) is 17.5. The average Bonchev–Trinajstić information content (AvgIpc) is 2.57. The summed E-state index contributed by atoms with van der Waals surface area (Å²) in [6.45, 7) is 1.48. The molecule has 2 N–H and O–H groups in total. The highest BCUT2D eigenvalue weighted by Gasteiger charge is 2.18. The van der Waals surface area contributed by atoms with Crippen LogP contribution < -0.4 is 5.32 Å². The van der Waals surface area contributed by atoms with Crippen molar-refractivity contribution < 1.29 is 19.4 Å². The molecule has 122 valence electrons. The number of carbonyl (C=O) groups excluding carboxylic acids is 2. The molecular weight excluding hydrogens is 308 g/mol. The number of amides is 1. The Hall–Kier alpha value is -3.33. The van der Waals surface area contributed by atoms with Crippen LogP contribution in [-0.2, 0) is 20.7 Å². The maximum absolute atomic E-state index is 12.0. The Morgan fingerprint density at radius 3 is 2.38 bits per heavy atom. The molecule has 0 radical (unpaired) electrons. The summed E-state index contributed by atoms with van der Waals surface area (Å²) >= 11 is 0. The number of nitrogens with one attached hydrogen (secondary N) is 1. The first-order valence-electron chi connectivity index (χ1n) is 7.26. The SMILES string of the molecule is C[C@@H](OC(=O)Cc1ccc(O)cc1)C(=O)Nc1ccc(C#N)cc1. The molecule has 0 fully saturated rings. The van der Waals surface area contributed by atoms with E-state index in [1.54, 1.807) is 36.4 Å². The van der Waals surface area contributed by atoms with E-state index in [1.807, 2.05) is 6.07 Å². The maximum Gasteiger partial charge on any atom is 0.311 e. The standard InChI is InChI=1S/C18H16N2O4/c1-12(18(23)20-15-6-2-14(11-19)3-7-15)24-17(22)10-13-4-8-16(21)9-5-13/h2-9,12,21H,10H2,1H3,(H,20,23)/t12-/m1/s1. The average molecular weight is 324 g/mol. The quantitative estimate of drug-likeness (QED) is 0.823. The van der Waals surface area contributed by atoms with Crippen molar-refractivity contribution in [2.45, 2.75) is 19.4 Å². The van der Waals surface area contributed by atoms with Gasteiger partial charge in [-0.1, -0.05) is 12.1 Å². The van der Waals surface area contributed by atoms with Gasteiger partial charge >= 0.3 is 5.97 Å². The van der Waals surface area contributed by atoms with Crippen LogP contribution in [0.15, 0.2) is 48.5 Å². The number of nitriles is 1. The molecule has 0 aliphatic carbocycles. The van der Waals surface area contributed by atoms with Gasteiger partial charge in [-0.25, -0.2) is 0 Å². The first-order valence-corrected chi connectivity index (χ1v) is 7.26. The zero-order valence-electron chi connectivity index (χ0n) is 13.0. The molecule has 1 amide bonds. The van der Waals surface area contributed by atoms with Gasteiger partial charge in [-0.05, 0) is 48.9 Å². The Balaban J connectivity index is 1.87. The lowest BCUT2D eigenvalue weighted by atomic mass is 10.1. The highest BCUT2D eigenvalue weighted by molar-refractivity contribution is 5.95. The third kappa shape index (κ3) is 4.85. The van der Waals surface area contributed by atoms with Gasteiger partial charge in [0.15, 0.2) is 6.10 Å². The summed E-state index contributed by atoms with van der Waals surface area (Å²) in [6, 6.07) is 14.5. The van der Waals surface area contributed by atoms with Crippen molar-refractivity contribution in [1.82, 2.24) is 0 Å². The van der Waals surface area contributed by atoms with E-state index in [2.05, 4.69) is 5.32 Å². The third-order valence-corrected chi connectivity index (χ3v) is 3.24. The van der Waals surface area contributed by atoms with Crippen molar-refractivity contribution in [3.8, 4) is 11.8 Å². The van der Waals surface area contributed by atoms with E-state index in [9.17, 15) is 14.7 Å². The Kier molecular flexibility index (Phi) is 5.53. The number of phenols is 1. The Morgan fingerprint density at radius 2 is 1.79 bits per heavy atom. The number of nitrogens with zero attached hydrogens (tertiary/aromatic N) is 1. The second-order valence-corrected chi connectivity index (χ2v) is 5.15. The lowest BCUT2D eigenvalue weighted by Gasteiger charge is -2.13. The highest BCUT2D eigenvalue weighted by Crippen LogP contribution is 2.12. The van der Waals surface area contributed by atoms with Crippen molar-refractivity contribution in [3.05, 3.63) is 59.7 Å².